The number of anilines is 1. The summed E-state index contributed by atoms with van der Waals surface area (Å²) in [4.78, 5) is 21.2. The molecule has 3 atom stereocenters. The van der Waals surface area contributed by atoms with E-state index in [1.165, 1.54) is 12.4 Å². The molecule has 0 spiro atoms. The topological polar surface area (TPSA) is 143 Å². The second kappa shape index (κ2) is 9.77. The van der Waals surface area contributed by atoms with E-state index in [-0.39, 0.29) is 23.8 Å². The van der Waals surface area contributed by atoms with Crippen molar-refractivity contribution in [3.8, 4) is 6.07 Å². The maximum absolute atomic E-state index is 9.18. The van der Waals surface area contributed by atoms with E-state index in [0.717, 1.165) is 17.9 Å². The number of nitrogens with one attached hydrogen (secondary N) is 2. The van der Waals surface area contributed by atoms with Gasteiger partial charge in [-0.1, -0.05) is 0 Å². The molecule has 10 heteroatoms. The molecule has 2 aliphatic heterocycles. The Hall–Kier alpha value is -3.84. The fraction of sp³-hybridized carbons (Fsp3) is 0.333. The van der Waals surface area contributed by atoms with Crippen molar-refractivity contribution < 1.29 is 0 Å². The Balaban J connectivity index is 1.96. The summed E-state index contributed by atoms with van der Waals surface area (Å²) in [5.74, 6) is 1.22. The van der Waals surface area contributed by atoms with Gasteiger partial charge in [0.1, 0.15) is 17.6 Å². The van der Waals surface area contributed by atoms with Crippen LogP contribution in [0.25, 0.3) is 5.70 Å². The quantitative estimate of drug-likeness (QED) is 0.590. The van der Waals surface area contributed by atoms with E-state index in [9.17, 15) is 5.26 Å². The lowest BCUT2D eigenvalue weighted by atomic mass is 9.96. The van der Waals surface area contributed by atoms with Crippen LogP contribution in [0.5, 0.6) is 0 Å². The Morgan fingerprint density at radius 1 is 1.48 bits per heavy atom. The highest BCUT2D eigenvalue weighted by atomic mass is 15.3. The van der Waals surface area contributed by atoms with Crippen molar-refractivity contribution in [3.63, 3.8) is 0 Å². The zero-order valence-corrected chi connectivity index (χ0v) is 17.6. The monoisotopic (exact) mass is 418 g/mol. The zero-order chi connectivity index (χ0) is 22.4. The standard InChI is InChI=1S/C21H26N10/c1-14-12-31(15(2)20(28-14)16(8-22)9-23)19-4-5-27-21(29-19)18(11-25-3)30-7-6-26-17(10-24)13-30/h4-6,8-9,11,13-15,20,22,28H,3,7,12,23H2,1-2H3/b16-9+,18-11-,22-8?. The number of aliphatic imine (C=N–C) groups is 2. The summed E-state index contributed by atoms with van der Waals surface area (Å²) in [6.07, 6.45) is 9.32. The number of nitrogens with two attached hydrogens (primary N) is 1. The fourth-order valence-corrected chi connectivity index (χ4v) is 3.72. The Bertz CT molecular complexity index is 1000. The average Bonchev–Trinajstić information content (AvgIpc) is 2.80. The van der Waals surface area contributed by atoms with E-state index in [0.29, 0.717) is 18.1 Å². The summed E-state index contributed by atoms with van der Waals surface area (Å²) < 4.78 is 0. The minimum absolute atomic E-state index is 0.00696. The highest BCUT2D eigenvalue weighted by Gasteiger charge is 2.33. The molecule has 1 aromatic heterocycles. The fourth-order valence-electron chi connectivity index (χ4n) is 3.72. The highest BCUT2D eigenvalue weighted by Crippen LogP contribution is 2.26. The Kier molecular flexibility index (Phi) is 6.89. The molecule has 1 fully saturated rings. The predicted octanol–water partition coefficient (Wildman–Crippen LogP) is 1.27. The molecule has 0 amide bonds. The number of hydrogen-bond acceptors (Lipinski definition) is 10. The third-order valence-corrected chi connectivity index (χ3v) is 5.22. The summed E-state index contributed by atoms with van der Waals surface area (Å²) in [6.45, 7) is 8.91. The van der Waals surface area contributed by atoms with Gasteiger partial charge >= 0.3 is 0 Å². The van der Waals surface area contributed by atoms with Crippen LogP contribution in [0.3, 0.4) is 0 Å². The molecule has 3 unspecified atom stereocenters. The molecule has 160 valence electrons. The normalized spacial score (nSPS) is 24.4. The zero-order valence-electron chi connectivity index (χ0n) is 17.6. The van der Waals surface area contributed by atoms with E-state index in [1.54, 1.807) is 24.8 Å². The number of aromatic nitrogens is 2. The van der Waals surface area contributed by atoms with Crippen LogP contribution in [0, 0.1) is 16.7 Å². The maximum Gasteiger partial charge on any atom is 0.179 e. The minimum atomic E-state index is -0.103. The van der Waals surface area contributed by atoms with Gasteiger partial charge in [0, 0.05) is 55.2 Å². The Labute approximate surface area is 181 Å². The molecule has 0 saturated carbocycles. The molecule has 31 heavy (non-hydrogen) atoms. The second-order valence-electron chi connectivity index (χ2n) is 7.27. The summed E-state index contributed by atoms with van der Waals surface area (Å²) in [5, 5.41) is 20.4. The summed E-state index contributed by atoms with van der Waals surface area (Å²) in [7, 11) is 0. The van der Waals surface area contributed by atoms with Crippen LogP contribution >= 0.6 is 0 Å². The van der Waals surface area contributed by atoms with Gasteiger partial charge in [0.15, 0.2) is 11.5 Å². The van der Waals surface area contributed by atoms with E-state index >= 15 is 0 Å². The molecule has 1 saturated heterocycles. The lowest BCUT2D eigenvalue weighted by Crippen LogP contribution is -2.61. The number of nitriles is 1. The molecule has 0 radical (unpaired) electrons. The first-order valence-electron chi connectivity index (χ1n) is 9.87. The summed E-state index contributed by atoms with van der Waals surface area (Å²) in [6, 6.07) is 3.97. The van der Waals surface area contributed by atoms with E-state index in [4.69, 9.17) is 16.1 Å². The van der Waals surface area contributed by atoms with Crippen LogP contribution < -0.4 is 16.0 Å². The first kappa shape index (κ1) is 21.9. The van der Waals surface area contributed by atoms with Gasteiger partial charge in [0.2, 0.25) is 0 Å². The first-order chi connectivity index (χ1) is 15.0. The Morgan fingerprint density at radius 3 is 2.97 bits per heavy atom. The van der Waals surface area contributed by atoms with Crippen molar-refractivity contribution in [1.82, 2.24) is 20.2 Å². The number of piperazine rings is 1. The van der Waals surface area contributed by atoms with Crippen molar-refractivity contribution in [2.45, 2.75) is 32.0 Å². The molecule has 3 rings (SSSR count). The molecule has 1 aromatic rings. The van der Waals surface area contributed by atoms with Gasteiger partial charge in [0.05, 0.1) is 18.8 Å². The number of nitrogens with zero attached hydrogens (tertiary/aromatic N) is 7. The lowest BCUT2D eigenvalue weighted by Gasteiger charge is -2.44. The third kappa shape index (κ3) is 4.67. The van der Waals surface area contributed by atoms with Crippen LogP contribution in [0.4, 0.5) is 5.82 Å². The van der Waals surface area contributed by atoms with Crippen molar-refractivity contribution in [1.29, 1.82) is 10.7 Å². The first-order valence-corrected chi connectivity index (χ1v) is 9.87. The molecule has 10 nitrogen and oxygen atoms in total. The molecule has 0 aromatic carbocycles. The van der Waals surface area contributed by atoms with Gasteiger partial charge in [-0.25, -0.2) is 15.0 Å². The van der Waals surface area contributed by atoms with Gasteiger partial charge in [-0.05, 0) is 26.6 Å². The van der Waals surface area contributed by atoms with Crippen molar-refractivity contribution in [2.75, 3.05) is 18.0 Å². The van der Waals surface area contributed by atoms with Crippen LogP contribution in [0.15, 0.2) is 52.1 Å². The molecular formula is C21H26N10. The molecular weight excluding hydrogens is 392 g/mol. The van der Waals surface area contributed by atoms with Crippen molar-refractivity contribution in [2.24, 2.45) is 15.7 Å². The smallest absolute Gasteiger partial charge is 0.179 e. The predicted molar refractivity (Wildman–Crippen MR) is 123 cm³/mol. The molecule has 3 heterocycles. The Morgan fingerprint density at radius 2 is 2.29 bits per heavy atom. The van der Waals surface area contributed by atoms with Gasteiger partial charge in [-0.15, -0.1) is 0 Å². The van der Waals surface area contributed by atoms with Gasteiger partial charge in [-0.2, -0.15) is 5.26 Å². The van der Waals surface area contributed by atoms with E-state index < -0.39 is 0 Å². The van der Waals surface area contributed by atoms with Gasteiger partial charge in [0.25, 0.3) is 0 Å². The SMILES string of the molecule is C=N/C=C(/c1nccc(N2CC(C)NC(/C(C=N)=C/N)C2C)n1)N1C=C(C#N)N=CC1. The third-order valence-electron chi connectivity index (χ3n) is 5.22. The summed E-state index contributed by atoms with van der Waals surface area (Å²) in [5.41, 5.74) is 7.37. The maximum atomic E-state index is 9.18. The number of hydrogen-bond donors (Lipinski definition) is 3. The van der Waals surface area contributed by atoms with Gasteiger partial charge < -0.3 is 26.3 Å². The van der Waals surface area contributed by atoms with Crippen LogP contribution in [-0.4, -0.2) is 65.2 Å². The largest absolute Gasteiger partial charge is 0.404 e. The minimum Gasteiger partial charge on any atom is -0.404 e. The van der Waals surface area contributed by atoms with E-state index in [1.807, 2.05) is 17.0 Å². The van der Waals surface area contributed by atoms with Crippen LogP contribution in [-0.2, 0) is 0 Å². The van der Waals surface area contributed by atoms with Crippen molar-refractivity contribution in [3.05, 3.63) is 48.0 Å². The second-order valence-corrected chi connectivity index (χ2v) is 7.27. The van der Waals surface area contributed by atoms with E-state index in [2.05, 4.69) is 45.8 Å². The molecule has 2 aliphatic rings. The average molecular weight is 419 g/mol. The lowest BCUT2D eigenvalue weighted by molar-refractivity contribution is 0.362. The molecule has 4 N–H and O–H groups in total. The van der Waals surface area contributed by atoms with Crippen molar-refractivity contribution >= 4 is 30.7 Å². The van der Waals surface area contributed by atoms with Gasteiger partial charge in [-0.3, -0.25) is 4.99 Å². The highest BCUT2D eigenvalue weighted by molar-refractivity contribution is 5.78. The van der Waals surface area contributed by atoms with Crippen LogP contribution in [0.2, 0.25) is 0 Å². The molecule has 0 aliphatic carbocycles. The number of rotatable bonds is 6. The van der Waals surface area contributed by atoms with Crippen LogP contribution in [0.1, 0.15) is 19.7 Å². The summed E-state index contributed by atoms with van der Waals surface area (Å²) >= 11 is 0. The molecule has 0 bridgehead atoms. The number of allylic oxidation sites excluding steroid dienone is 1.